The molecule has 0 saturated heterocycles. The summed E-state index contributed by atoms with van der Waals surface area (Å²) in [6.45, 7) is 0.684. The smallest absolute Gasteiger partial charge is 0.177 e. The number of hydrogen-bond acceptors (Lipinski definition) is 2. The van der Waals surface area contributed by atoms with E-state index in [1.807, 2.05) is 47.2 Å². The third-order valence-corrected chi connectivity index (χ3v) is 3.27. The first-order chi connectivity index (χ1) is 9.33. The van der Waals surface area contributed by atoms with Crippen LogP contribution in [0.5, 0.6) is 0 Å². The van der Waals surface area contributed by atoms with E-state index in [0.717, 1.165) is 17.0 Å². The first kappa shape index (κ1) is 11.9. The van der Waals surface area contributed by atoms with Crippen molar-refractivity contribution >= 4 is 12.2 Å². The van der Waals surface area contributed by atoms with Crippen molar-refractivity contribution in [1.82, 2.24) is 14.5 Å². The van der Waals surface area contributed by atoms with Gasteiger partial charge in [0, 0.05) is 12.4 Å². The van der Waals surface area contributed by atoms with Crippen LogP contribution in [-0.2, 0) is 6.54 Å². The summed E-state index contributed by atoms with van der Waals surface area (Å²) in [5, 5.41) is 0. The van der Waals surface area contributed by atoms with Crippen LogP contribution in [0.4, 0.5) is 0 Å². The van der Waals surface area contributed by atoms with Gasteiger partial charge in [-0.05, 0) is 29.9 Å². The lowest BCUT2D eigenvalue weighted by molar-refractivity contribution is 0.761. The maximum Gasteiger partial charge on any atom is 0.177 e. The van der Waals surface area contributed by atoms with Crippen LogP contribution < -0.4 is 0 Å². The van der Waals surface area contributed by atoms with Crippen LogP contribution in [0.25, 0.3) is 11.3 Å². The molecule has 0 fully saturated rings. The highest BCUT2D eigenvalue weighted by Crippen LogP contribution is 2.17. The van der Waals surface area contributed by atoms with Gasteiger partial charge in [0.15, 0.2) is 4.77 Å². The van der Waals surface area contributed by atoms with Crippen LogP contribution >= 0.6 is 12.2 Å². The summed E-state index contributed by atoms with van der Waals surface area (Å²) in [5.41, 5.74) is 3.16. The fourth-order valence-electron chi connectivity index (χ4n) is 1.98. The van der Waals surface area contributed by atoms with Gasteiger partial charge < -0.3 is 9.55 Å². The van der Waals surface area contributed by atoms with Crippen LogP contribution in [0.15, 0.2) is 60.9 Å². The second-order valence-corrected chi connectivity index (χ2v) is 4.67. The number of hydrogen-bond donors (Lipinski definition) is 1. The number of imidazole rings is 1. The lowest BCUT2D eigenvalue weighted by Gasteiger charge is -2.00. The molecule has 0 bridgehead atoms. The average Bonchev–Trinajstić information content (AvgIpc) is 2.82. The lowest BCUT2D eigenvalue weighted by Crippen LogP contribution is -1.99. The first-order valence-electron chi connectivity index (χ1n) is 6.08. The number of rotatable bonds is 3. The van der Waals surface area contributed by atoms with Gasteiger partial charge in [0.25, 0.3) is 0 Å². The number of pyridine rings is 1. The van der Waals surface area contributed by atoms with E-state index < -0.39 is 0 Å². The zero-order valence-electron chi connectivity index (χ0n) is 10.3. The van der Waals surface area contributed by atoms with Crippen molar-refractivity contribution in [2.24, 2.45) is 0 Å². The summed E-state index contributed by atoms with van der Waals surface area (Å²) in [5.74, 6) is 0. The van der Waals surface area contributed by atoms with Gasteiger partial charge >= 0.3 is 0 Å². The molecule has 0 unspecified atom stereocenters. The number of nitrogens with zero attached hydrogens (tertiary/aromatic N) is 2. The van der Waals surface area contributed by atoms with Crippen molar-refractivity contribution in [3.63, 3.8) is 0 Å². The molecule has 94 valence electrons. The van der Waals surface area contributed by atoms with E-state index in [9.17, 15) is 0 Å². The maximum absolute atomic E-state index is 5.35. The molecule has 0 saturated carbocycles. The number of nitrogens with one attached hydrogen (secondary N) is 1. The minimum atomic E-state index is 0.684. The molecule has 2 heterocycles. The van der Waals surface area contributed by atoms with Crippen LogP contribution in [-0.4, -0.2) is 14.5 Å². The standard InChI is InChI=1S/C15H13N3S/c19-15-17-14(12-6-2-1-3-7-12)11-18(15)10-13-8-4-5-9-16-13/h1-9,11H,10H2,(H,17,19). The Morgan fingerprint density at radius 2 is 1.84 bits per heavy atom. The summed E-state index contributed by atoms with van der Waals surface area (Å²) in [6.07, 6.45) is 3.83. The van der Waals surface area contributed by atoms with Gasteiger partial charge in [0.05, 0.1) is 17.9 Å². The summed E-state index contributed by atoms with van der Waals surface area (Å²) in [4.78, 5) is 7.55. The average molecular weight is 267 g/mol. The van der Waals surface area contributed by atoms with E-state index in [0.29, 0.717) is 11.3 Å². The van der Waals surface area contributed by atoms with Crippen LogP contribution in [0.1, 0.15) is 5.69 Å². The minimum Gasteiger partial charge on any atom is -0.331 e. The minimum absolute atomic E-state index is 0.684. The number of H-pyrrole nitrogens is 1. The lowest BCUT2D eigenvalue weighted by atomic mass is 10.2. The molecule has 0 amide bonds. The largest absolute Gasteiger partial charge is 0.331 e. The van der Waals surface area contributed by atoms with Crippen LogP contribution in [0.3, 0.4) is 0 Å². The summed E-state index contributed by atoms with van der Waals surface area (Å²) in [7, 11) is 0. The van der Waals surface area contributed by atoms with E-state index in [1.165, 1.54) is 0 Å². The Hall–Kier alpha value is -2.20. The monoisotopic (exact) mass is 267 g/mol. The van der Waals surface area contributed by atoms with Gasteiger partial charge in [-0.3, -0.25) is 4.98 Å². The van der Waals surface area contributed by atoms with Crippen molar-refractivity contribution in [2.45, 2.75) is 6.54 Å². The fourth-order valence-corrected chi connectivity index (χ4v) is 2.21. The van der Waals surface area contributed by atoms with Gasteiger partial charge in [0.2, 0.25) is 0 Å². The normalized spacial score (nSPS) is 10.5. The van der Waals surface area contributed by atoms with Crippen molar-refractivity contribution in [3.05, 3.63) is 71.4 Å². The third kappa shape index (κ3) is 2.63. The molecule has 0 aliphatic heterocycles. The van der Waals surface area contributed by atoms with Crippen molar-refractivity contribution in [2.75, 3.05) is 0 Å². The molecule has 0 atom stereocenters. The summed E-state index contributed by atoms with van der Waals surface area (Å²) >= 11 is 5.35. The number of aromatic amines is 1. The molecule has 0 aliphatic carbocycles. The van der Waals surface area contributed by atoms with E-state index in [-0.39, 0.29) is 0 Å². The molecule has 0 radical (unpaired) electrons. The Balaban J connectivity index is 1.93. The topological polar surface area (TPSA) is 33.6 Å². The Morgan fingerprint density at radius 1 is 1.05 bits per heavy atom. The molecule has 3 rings (SSSR count). The molecule has 0 aliphatic rings. The third-order valence-electron chi connectivity index (χ3n) is 2.93. The number of aromatic nitrogens is 3. The zero-order chi connectivity index (χ0) is 13.1. The second kappa shape index (κ2) is 5.20. The highest BCUT2D eigenvalue weighted by atomic mass is 32.1. The van der Waals surface area contributed by atoms with Crippen molar-refractivity contribution in [3.8, 4) is 11.3 Å². The summed E-state index contributed by atoms with van der Waals surface area (Å²) < 4.78 is 2.71. The van der Waals surface area contributed by atoms with Gasteiger partial charge in [-0.2, -0.15) is 0 Å². The van der Waals surface area contributed by atoms with E-state index in [2.05, 4.69) is 22.1 Å². The number of benzene rings is 1. The highest BCUT2D eigenvalue weighted by molar-refractivity contribution is 7.71. The van der Waals surface area contributed by atoms with Crippen molar-refractivity contribution < 1.29 is 0 Å². The molecule has 1 N–H and O–H groups in total. The predicted molar refractivity (Wildman–Crippen MR) is 78.4 cm³/mol. The Morgan fingerprint density at radius 3 is 2.58 bits per heavy atom. The molecule has 0 spiro atoms. The molecule has 4 heteroatoms. The van der Waals surface area contributed by atoms with E-state index in [4.69, 9.17) is 12.2 Å². The Kier molecular flexibility index (Phi) is 3.25. The quantitative estimate of drug-likeness (QED) is 0.735. The van der Waals surface area contributed by atoms with E-state index >= 15 is 0 Å². The molecule has 1 aromatic carbocycles. The van der Waals surface area contributed by atoms with E-state index in [1.54, 1.807) is 6.20 Å². The van der Waals surface area contributed by atoms with Gasteiger partial charge in [-0.25, -0.2) is 0 Å². The molecular formula is C15H13N3S. The van der Waals surface area contributed by atoms with Gasteiger partial charge in [-0.1, -0.05) is 36.4 Å². The fraction of sp³-hybridized carbons (Fsp3) is 0.0667. The van der Waals surface area contributed by atoms with Gasteiger partial charge in [-0.15, -0.1) is 0 Å². The molecule has 19 heavy (non-hydrogen) atoms. The summed E-state index contributed by atoms with van der Waals surface area (Å²) in [6, 6.07) is 16.0. The second-order valence-electron chi connectivity index (χ2n) is 4.29. The zero-order valence-corrected chi connectivity index (χ0v) is 11.1. The predicted octanol–water partition coefficient (Wildman–Crippen LogP) is 3.66. The van der Waals surface area contributed by atoms with Gasteiger partial charge in [0.1, 0.15) is 0 Å². The van der Waals surface area contributed by atoms with Crippen LogP contribution in [0.2, 0.25) is 0 Å². The molecule has 3 aromatic rings. The SMILES string of the molecule is S=c1[nH]c(-c2ccccc2)cn1Cc1ccccn1. The Labute approximate surface area is 116 Å². The first-order valence-corrected chi connectivity index (χ1v) is 6.48. The van der Waals surface area contributed by atoms with Crippen molar-refractivity contribution in [1.29, 1.82) is 0 Å². The molecule has 3 nitrogen and oxygen atoms in total. The molecule has 2 aromatic heterocycles. The van der Waals surface area contributed by atoms with Crippen LogP contribution in [0, 0.1) is 4.77 Å². The Bertz CT molecular complexity index is 714. The molecular weight excluding hydrogens is 254 g/mol. The highest BCUT2D eigenvalue weighted by Gasteiger charge is 2.03. The maximum atomic E-state index is 5.35.